The molecule has 1 N–H and O–H groups in total. The third-order valence-corrected chi connectivity index (χ3v) is 2.84. The lowest BCUT2D eigenvalue weighted by Crippen LogP contribution is -2.31. The molecule has 1 amide bonds. The highest BCUT2D eigenvalue weighted by Gasteiger charge is 2.26. The summed E-state index contributed by atoms with van der Waals surface area (Å²) in [4.78, 5) is 27.4. The Labute approximate surface area is 114 Å². The standard InChI is InChI=1S/C13H24N2O4/c1-6-10(3)15-19-12(17)14-8-9-18-11(16)13(4,5)7-2/h6-9H2,1-5H3,(H,14,17)/b15-10-. The van der Waals surface area contributed by atoms with Crippen molar-refractivity contribution in [2.45, 2.75) is 47.5 Å². The highest BCUT2D eigenvalue weighted by atomic mass is 16.7. The minimum atomic E-state index is -0.654. The Morgan fingerprint density at radius 2 is 1.89 bits per heavy atom. The van der Waals surface area contributed by atoms with Gasteiger partial charge in [-0.15, -0.1) is 0 Å². The fourth-order valence-corrected chi connectivity index (χ4v) is 0.853. The van der Waals surface area contributed by atoms with Crippen molar-refractivity contribution in [3.05, 3.63) is 0 Å². The Morgan fingerprint density at radius 3 is 2.42 bits per heavy atom. The maximum atomic E-state index is 11.6. The van der Waals surface area contributed by atoms with Gasteiger partial charge >= 0.3 is 12.1 Å². The molecule has 19 heavy (non-hydrogen) atoms. The van der Waals surface area contributed by atoms with Crippen LogP contribution in [0.2, 0.25) is 0 Å². The molecule has 0 saturated carbocycles. The molecule has 6 heteroatoms. The van der Waals surface area contributed by atoms with Crippen molar-refractivity contribution in [3.63, 3.8) is 0 Å². The van der Waals surface area contributed by atoms with Crippen LogP contribution in [0.1, 0.15) is 47.5 Å². The molecule has 0 aromatic rings. The van der Waals surface area contributed by atoms with Crippen molar-refractivity contribution >= 4 is 17.8 Å². The number of rotatable bonds is 7. The maximum Gasteiger partial charge on any atom is 0.433 e. The van der Waals surface area contributed by atoms with E-state index < -0.39 is 11.5 Å². The van der Waals surface area contributed by atoms with E-state index >= 15 is 0 Å². The van der Waals surface area contributed by atoms with Crippen LogP contribution in [0.3, 0.4) is 0 Å². The summed E-state index contributed by atoms with van der Waals surface area (Å²) in [6, 6.07) is 0. The highest BCUT2D eigenvalue weighted by molar-refractivity contribution is 5.81. The van der Waals surface area contributed by atoms with E-state index in [1.54, 1.807) is 6.92 Å². The molecule has 0 rings (SSSR count). The minimum Gasteiger partial charge on any atom is -0.463 e. The van der Waals surface area contributed by atoms with Gasteiger partial charge in [0, 0.05) is 0 Å². The van der Waals surface area contributed by atoms with Crippen LogP contribution < -0.4 is 5.32 Å². The van der Waals surface area contributed by atoms with E-state index in [2.05, 4.69) is 15.3 Å². The van der Waals surface area contributed by atoms with Gasteiger partial charge < -0.3 is 10.1 Å². The number of nitrogens with zero attached hydrogens (tertiary/aromatic N) is 1. The van der Waals surface area contributed by atoms with Crippen LogP contribution in [0.15, 0.2) is 5.16 Å². The summed E-state index contributed by atoms with van der Waals surface area (Å²) < 4.78 is 5.05. The average Bonchev–Trinajstić information content (AvgIpc) is 2.40. The van der Waals surface area contributed by atoms with E-state index in [0.717, 1.165) is 12.1 Å². The van der Waals surface area contributed by atoms with Crippen LogP contribution in [-0.2, 0) is 14.4 Å². The molecule has 0 fully saturated rings. The fraction of sp³-hybridized carbons (Fsp3) is 0.769. The molecule has 0 aromatic heterocycles. The van der Waals surface area contributed by atoms with Crippen molar-refractivity contribution in [3.8, 4) is 0 Å². The Balaban J connectivity index is 3.81. The molecule has 0 radical (unpaired) electrons. The smallest absolute Gasteiger partial charge is 0.433 e. The quantitative estimate of drug-likeness (QED) is 0.254. The van der Waals surface area contributed by atoms with E-state index in [1.165, 1.54) is 0 Å². The zero-order valence-corrected chi connectivity index (χ0v) is 12.4. The summed E-state index contributed by atoms with van der Waals surface area (Å²) in [5.74, 6) is -0.273. The molecule has 0 saturated heterocycles. The minimum absolute atomic E-state index is 0.119. The van der Waals surface area contributed by atoms with E-state index in [-0.39, 0.29) is 19.1 Å². The Bertz CT molecular complexity index is 338. The van der Waals surface area contributed by atoms with Crippen molar-refractivity contribution in [2.75, 3.05) is 13.2 Å². The number of amides is 1. The van der Waals surface area contributed by atoms with Crippen molar-refractivity contribution < 1.29 is 19.2 Å². The molecule has 0 spiro atoms. The molecule has 0 aliphatic heterocycles. The van der Waals surface area contributed by atoms with Crippen LogP contribution in [0, 0.1) is 5.41 Å². The van der Waals surface area contributed by atoms with Gasteiger partial charge in [0.05, 0.1) is 17.7 Å². The zero-order chi connectivity index (χ0) is 14.9. The second-order valence-corrected chi connectivity index (χ2v) is 4.86. The Morgan fingerprint density at radius 1 is 1.26 bits per heavy atom. The number of carbonyl (C=O) groups is 2. The van der Waals surface area contributed by atoms with Gasteiger partial charge in [0.1, 0.15) is 6.61 Å². The van der Waals surface area contributed by atoms with Gasteiger partial charge in [-0.05, 0) is 33.6 Å². The normalized spacial score (nSPS) is 11.9. The van der Waals surface area contributed by atoms with Gasteiger partial charge in [-0.1, -0.05) is 19.0 Å². The van der Waals surface area contributed by atoms with Gasteiger partial charge in [0.25, 0.3) is 0 Å². The second kappa shape index (κ2) is 8.50. The predicted molar refractivity (Wildman–Crippen MR) is 72.9 cm³/mol. The predicted octanol–water partition coefficient (Wildman–Crippen LogP) is 2.48. The number of ether oxygens (including phenoxy) is 1. The molecule has 0 aromatic carbocycles. The summed E-state index contributed by atoms with van der Waals surface area (Å²) in [5, 5.41) is 6.05. The van der Waals surface area contributed by atoms with Crippen LogP contribution in [0.5, 0.6) is 0 Å². The third-order valence-electron chi connectivity index (χ3n) is 2.84. The number of hydrogen-bond acceptors (Lipinski definition) is 5. The van der Waals surface area contributed by atoms with Crippen LogP contribution in [-0.4, -0.2) is 30.9 Å². The third kappa shape index (κ3) is 7.43. The lowest BCUT2D eigenvalue weighted by Gasteiger charge is -2.20. The summed E-state index contributed by atoms with van der Waals surface area (Å²) in [5.41, 5.74) is 0.231. The zero-order valence-electron chi connectivity index (χ0n) is 12.4. The van der Waals surface area contributed by atoms with E-state index in [1.807, 2.05) is 27.7 Å². The average molecular weight is 272 g/mol. The topological polar surface area (TPSA) is 77.0 Å². The molecule has 0 unspecified atom stereocenters. The monoisotopic (exact) mass is 272 g/mol. The Hall–Kier alpha value is -1.59. The SMILES string of the molecule is CC/C(C)=N\OC(=O)NCCOC(=O)C(C)(C)CC. The highest BCUT2D eigenvalue weighted by Crippen LogP contribution is 2.21. The van der Waals surface area contributed by atoms with Gasteiger partial charge in [0.15, 0.2) is 0 Å². The first kappa shape index (κ1) is 17.4. The van der Waals surface area contributed by atoms with E-state index in [4.69, 9.17) is 4.74 Å². The molecule has 0 heterocycles. The number of nitrogens with one attached hydrogen (secondary N) is 1. The van der Waals surface area contributed by atoms with Gasteiger partial charge in [-0.2, -0.15) is 0 Å². The van der Waals surface area contributed by atoms with Crippen LogP contribution >= 0.6 is 0 Å². The van der Waals surface area contributed by atoms with Crippen molar-refractivity contribution in [2.24, 2.45) is 10.6 Å². The largest absolute Gasteiger partial charge is 0.463 e. The molecule has 0 aliphatic carbocycles. The van der Waals surface area contributed by atoms with Gasteiger partial charge in [0.2, 0.25) is 0 Å². The summed E-state index contributed by atoms with van der Waals surface area (Å²) in [6.45, 7) is 9.55. The molecule has 0 bridgehead atoms. The number of carbonyl (C=O) groups excluding carboxylic acids is 2. The van der Waals surface area contributed by atoms with Gasteiger partial charge in [-0.25, -0.2) is 4.79 Å². The number of hydrogen-bond donors (Lipinski definition) is 1. The number of oxime groups is 1. The maximum absolute atomic E-state index is 11.6. The molecule has 110 valence electrons. The lowest BCUT2D eigenvalue weighted by molar-refractivity contribution is -0.153. The first-order valence-corrected chi connectivity index (χ1v) is 6.49. The second-order valence-electron chi connectivity index (χ2n) is 4.86. The molecule has 0 aliphatic rings. The summed E-state index contributed by atoms with van der Waals surface area (Å²) >= 11 is 0. The summed E-state index contributed by atoms with van der Waals surface area (Å²) in [6.07, 6.45) is 0.766. The number of esters is 1. The van der Waals surface area contributed by atoms with Gasteiger partial charge in [-0.3, -0.25) is 9.63 Å². The lowest BCUT2D eigenvalue weighted by atomic mass is 9.91. The molecular weight excluding hydrogens is 248 g/mol. The first-order valence-electron chi connectivity index (χ1n) is 6.49. The van der Waals surface area contributed by atoms with Crippen molar-refractivity contribution in [1.82, 2.24) is 5.32 Å². The van der Waals surface area contributed by atoms with Crippen molar-refractivity contribution in [1.29, 1.82) is 0 Å². The Kier molecular flexibility index (Phi) is 7.79. The molecular formula is C13H24N2O4. The van der Waals surface area contributed by atoms with E-state index in [9.17, 15) is 9.59 Å². The molecule has 6 nitrogen and oxygen atoms in total. The van der Waals surface area contributed by atoms with E-state index in [0.29, 0.717) is 6.42 Å². The fourth-order valence-electron chi connectivity index (χ4n) is 0.853. The first-order chi connectivity index (χ1) is 8.83. The van der Waals surface area contributed by atoms with Crippen LogP contribution in [0.25, 0.3) is 0 Å². The summed E-state index contributed by atoms with van der Waals surface area (Å²) in [7, 11) is 0. The molecule has 0 atom stereocenters. The van der Waals surface area contributed by atoms with Crippen LogP contribution in [0.4, 0.5) is 4.79 Å².